The molecule has 1 amide bonds. The lowest BCUT2D eigenvalue weighted by Gasteiger charge is -2.37. The Kier molecular flexibility index (Phi) is 3.08. The molecule has 0 spiro atoms. The quantitative estimate of drug-likeness (QED) is 0.852. The average Bonchev–Trinajstić information content (AvgIpc) is 2.80. The van der Waals surface area contributed by atoms with Gasteiger partial charge in [0.1, 0.15) is 6.07 Å². The van der Waals surface area contributed by atoms with Gasteiger partial charge in [0.2, 0.25) is 5.91 Å². The van der Waals surface area contributed by atoms with Gasteiger partial charge in [-0.05, 0) is 31.0 Å². The van der Waals surface area contributed by atoms with Crippen molar-refractivity contribution in [2.45, 2.75) is 18.9 Å². The predicted molar refractivity (Wildman–Crippen MR) is 73.0 cm³/mol. The van der Waals surface area contributed by atoms with Crippen LogP contribution in [-0.4, -0.2) is 25.0 Å². The first-order valence-corrected chi connectivity index (χ1v) is 6.82. The number of amides is 1. The third-order valence-electron chi connectivity index (χ3n) is 4.01. The second-order valence-electron chi connectivity index (χ2n) is 5.03. The van der Waals surface area contributed by atoms with Crippen molar-refractivity contribution < 1.29 is 4.79 Å². The number of halogens is 1. The van der Waals surface area contributed by atoms with Crippen molar-refractivity contribution in [1.82, 2.24) is 5.32 Å². The van der Waals surface area contributed by atoms with Crippen LogP contribution in [0.15, 0.2) is 18.2 Å². The topological polar surface area (TPSA) is 56.1 Å². The minimum Gasteiger partial charge on any atom is -0.366 e. The molecular weight excluding hydrogens is 262 g/mol. The van der Waals surface area contributed by atoms with E-state index in [0.717, 1.165) is 25.1 Å². The average molecular weight is 276 g/mol. The highest BCUT2D eigenvalue weighted by Gasteiger charge is 2.40. The van der Waals surface area contributed by atoms with E-state index >= 15 is 0 Å². The van der Waals surface area contributed by atoms with Gasteiger partial charge >= 0.3 is 0 Å². The summed E-state index contributed by atoms with van der Waals surface area (Å²) >= 11 is 6.09. The molecule has 19 heavy (non-hydrogen) atoms. The Labute approximate surface area is 117 Å². The molecule has 3 rings (SSSR count). The van der Waals surface area contributed by atoms with Crippen LogP contribution < -0.4 is 10.2 Å². The van der Waals surface area contributed by atoms with Gasteiger partial charge in [-0.25, -0.2) is 0 Å². The Balaban J connectivity index is 1.91. The highest BCUT2D eigenvalue weighted by atomic mass is 35.5. The van der Waals surface area contributed by atoms with E-state index in [1.54, 1.807) is 6.07 Å². The normalized spacial score (nSPS) is 25.7. The van der Waals surface area contributed by atoms with Crippen LogP contribution in [0.1, 0.15) is 18.4 Å². The van der Waals surface area contributed by atoms with Crippen molar-refractivity contribution in [3.63, 3.8) is 0 Å². The van der Waals surface area contributed by atoms with Crippen LogP contribution >= 0.6 is 11.6 Å². The Bertz CT molecular complexity index is 566. The first kappa shape index (κ1) is 12.3. The molecule has 1 aromatic carbocycles. The summed E-state index contributed by atoms with van der Waals surface area (Å²) < 4.78 is 0. The number of hydrogen-bond acceptors (Lipinski definition) is 3. The summed E-state index contributed by atoms with van der Waals surface area (Å²) in [6, 6.07) is 7.75. The second-order valence-corrected chi connectivity index (χ2v) is 5.44. The molecule has 1 aromatic rings. The number of rotatable bonds is 1. The van der Waals surface area contributed by atoms with Gasteiger partial charge in [0.05, 0.1) is 22.5 Å². The zero-order valence-electron chi connectivity index (χ0n) is 10.4. The molecule has 2 fully saturated rings. The Morgan fingerprint density at radius 2 is 2.32 bits per heavy atom. The molecule has 0 aliphatic carbocycles. The zero-order chi connectivity index (χ0) is 13.4. The molecule has 2 unspecified atom stereocenters. The van der Waals surface area contributed by atoms with Crippen LogP contribution in [0.5, 0.6) is 0 Å². The summed E-state index contributed by atoms with van der Waals surface area (Å²) in [6.07, 6.45) is 1.96. The van der Waals surface area contributed by atoms with Crippen LogP contribution in [0, 0.1) is 17.2 Å². The number of nitriles is 1. The smallest absolute Gasteiger partial charge is 0.225 e. The summed E-state index contributed by atoms with van der Waals surface area (Å²) in [5, 5.41) is 12.3. The SMILES string of the molecule is N#Cc1ccc(N2CCCC3C(=O)NCC32)cc1Cl. The lowest BCUT2D eigenvalue weighted by Crippen LogP contribution is -2.45. The standard InChI is InChI=1S/C14H14ClN3O/c15-12-6-10(4-3-9(12)7-16)18-5-1-2-11-13(18)8-17-14(11)19/h3-4,6,11,13H,1-2,5,8H2,(H,17,19). The number of piperidine rings is 1. The van der Waals surface area contributed by atoms with Gasteiger partial charge in [0, 0.05) is 18.8 Å². The number of hydrogen-bond donors (Lipinski definition) is 1. The van der Waals surface area contributed by atoms with Crippen LogP contribution in [-0.2, 0) is 4.79 Å². The predicted octanol–water partition coefficient (Wildman–Crippen LogP) is 1.93. The van der Waals surface area contributed by atoms with Crippen molar-refractivity contribution in [2.24, 2.45) is 5.92 Å². The van der Waals surface area contributed by atoms with Gasteiger partial charge in [-0.2, -0.15) is 5.26 Å². The first-order chi connectivity index (χ1) is 9.20. The van der Waals surface area contributed by atoms with Gasteiger partial charge < -0.3 is 10.2 Å². The second kappa shape index (κ2) is 4.75. The highest BCUT2D eigenvalue weighted by Crippen LogP contribution is 2.33. The number of carbonyl (C=O) groups is 1. The monoisotopic (exact) mass is 275 g/mol. The van der Waals surface area contributed by atoms with E-state index in [4.69, 9.17) is 16.9 Å². The molecule has 4 nitrogen and oxygen atoms in total. The third kappa shape index (κ3) is 2.04. The molecule has 1 N–H and O–H groups in total. The van der Waals surface area contributed by atoms with Gasteiger partial charge in [-0.1, -0.05) is 11.6 Å². The Morgan fingerprint density at radius 3 is 3.05 bits per heavy atom. The summed E-state index contributed by atoms with van der Waals surface area (Å²) in [5.74, 6) is 0.248. The first-order valence-electron chi connectivity index (χ1n) is 6.44. The van der Waals surface area contributed by atoms with E-state index in [2.05, 4.69) is 16.3 Å². The molecule has 98 valence electrons. The Hall–Kier alpha value is -1.73. The Morgan fingerprint density at radius 1 is 1.47 bits per heavy atom. The van der Waals surface area contributed by atoms with Crippen LogP contribution in [0.3, 0.4) is 0 Å². The lowest BCUT2D eigenvalue weighted by molar-refractivity contribution is -0.122. The summed E-state index contributed by atoms with van der Waals surface area (Å²) in [7, 11) is 0. The van der Waals surface area contributed by atoms with Crippen molar-refractivity contribution in [2.75, 3.05) is 18.0 Å². The van der Waals surface area contributed by atoms with Crippen molar-refractivity contribution >= 4 is 23.2 Å². The van der Waals surface area contributed by atoms with Crippen molar-refractivity contribution in [3.05, 3.63) is 28.8 Å². The minimum atomic E-state index is 0.0863. The van der Waals surface area contributed by atoms with E-state index in [-0.39, 0.29) is 17.9 Å². The van der Waals surface area contributed by atoms with Crippen LogP contribution in [0.2, 0.25) is 5.02 Å². The number of anilines is 1. The number of nitrogens with zero attached hydrogens (tertiary/aromatic N) is 2. The molecule has 0 radical (unpaired) electrons. The zero-order valence-corrected chi connectivity index (χ0v) is 11.2. The fourth-order valence-electron chi connectivity index (χ4n) is 3.05. The fourth-order valence-corrected chi connectivity index (χ4v) is 3.26. The summed E-state index contributed by atoms with van der Waals surface area (Å²) in [5.41, 5.74) is 1.48. The molecule has 0 saturated carbocycles. The number of benzene rings is 1. The maximum absolute atomic E-state index is 11.7. The van der Waals surface area contributed by atoms with Crippen LogP contribution in [0.4, 0.5) is 5.69 Å². The molecular formula is C14H14ClN3O. The highest BCUT2D eigenvalue weighted by molar-refractivity contribution is 6.32. The van der Waals surface area contributed by atoms with Crippen molar-refractivity contribution in [1.29, 1.82) is 5.26 Å². The van der Waals surface area contributed by atoms with E-state index in [0.29, 0.717) is 17.1 Å². The molecule has 2 saturated heterocycles. The maximum Gasteiger partial charge on any atom is 0.225 e. The molecule has 2 aliphatic heterocycles. The number of fused-ring (bicyclic) bond motifs is 1. The third-order valence-corrected chi connectivity index (χ3v) is 4.32. The van der Waals surface area contributed by atoms with Gasteiger partial charge in [-0.3, -0.25) is 4.79 Å². The summed E-state index contributed by atoms with van der Waals surface area (Å²) in [4.78, 5) is 14.0. The number of nitrogens with one attached hydrogen (secondary N) is 1. The lowest BCUT2D eigenvalue weighted by atomic mass is 9.91. The maximum atomic E-state index is 11.7. The van der Waals surface area contributed by atoms with E-state index in [1.165, 1.54) is 0 Å². The van der Waals surface area contributed by atoms with E-state index in [1.807, 2.05) is 12.1 Å². The number of carbonyl (C=O) groups excluding carboxylic acids is 1. The molecule has 2 aliphatic rings. The van der Waals surface area contributed by atoms with Gasteiger partial charge in [0.25, 0.3) is 0 Å². The molecule has 5 heteroatoms. The molecule has 0 bridgehead atoms. The van der Waals surface area contributed by atoms with Gasteiger partial charge in [-0.15, -0.1) is 0 Å². The van der Waals surface area contributed by atoms with E-state index < -0.39 is 0 Å². The fraction of sp³-hybridized carbons (Fsp3) is 0.429. The molecule has 2 atom stereocenters. The summed E-state index contributed by atoms with van der Waals surface area (Å²) in [6.45, 7) is 1.62. The van der Waals surface area contributed by atoms with Crippen molar-refractivity contribution in [3.8, 4) is 6.07 Å². The van der Waals surface area contributed by atoms with Crippen LogP contribution in [0.25, 0.3) is 0 Å². The largest absolute Gasteiger partial charge is 0.366 e. The molecule has 0 aromatic heterocycles. The molecule has 2 heterocycles. The van der Waals surface area contributed by atoms with Gasteiger partial charge in [0.15, 0.2) is 0 Å². The minimum absolute atomic E-state index is 0.0863. The van der Waals surface area contributed by atoms with E-state index in [9.17, 15) is 4.79 Å².